The fraction of sp³-hybridized carbons (Fsp3) is 0.429. The topological polar surface area (TPSA) is 66.4 Å². The number of alkyl halides is 2. The van der Waals surface area contributed by atoms with Gasteiger partial charge in [0.2, 0.25) is 6.43 Å². The Balaban J connectivity index is 2.00. The fourth-order valence-corrected chi connectivity index (χ4v) is 4.84. The molecule has 0 bridgehead atoms. The summed E-state index contributed by atoms with van der Waals surface area (Å²) < 4.78 is 25.0. The van der Waals surface area contributed by atoms with Crippen LogP contribution in [0, 0.1) is 0 Å². The van der Waals surface area contributed by atoms with Gasteiger partial charge in [0, 0.05) is 23.5 Å². The number of benzene rings is 1. The van der Waals surface area contributed by atoms with Gasteiger partial charge in [-0.1, -0.05) is 12.1 Å². The zero-order chi connectivity index (χ0) is 16.1. The quantitative estimate of drug-likeness (QED) is 0.828. The predicted molar refractivity (Wildman–Crippen MR) is 83.6 cm³/mol. The number of carboxylic acids is 1. The Labute approximate surface area is 135 Å². The molecule has 1 aromatic carbocycles. The third kappa shape index (κ3) is 4.61. The summed E-state index contributed by atoms with van der Waals surface area (Å²) >= 11 is 3.66. The first-order chi connectivity index (χ1) is 10.5. The number of carbonyl (C=O) groups is 2. The van der Waals surface area contributed by atoms with Gasteiger partial charge in [0.25, 0.3) is 5.91 Å². The molecule has 1 amide bonds. The van der Waals surface area contributed by atoms with E-state index in [1.165, 1.54) is 0 Å². The van der Waals surface area contributed by atoms with E-state index in [9.17, 15) is 18.4 Å². The molecule has 0 spiro atoms. The van der Waals surface area contributed by atoms with Crippen LogP contribution < -0.4 is 5.32 Å². The Morgan fingerprint density at radius 2 is 1.82 bits per heavy atom. The Kier molecular flexibility index (Phi) is 6.07. The zero-order valence-electron chi connectivity index (χ0n) is 11.5. The molecule has 1 heterocycles. The van der Waals surface area contributed by atoms with E-state index in [0.717, 1.165) is 17.1 Å². The second-order valence-corrected chi connectivity index (χ2v) is 7.41. The third-order valence-corrected chi connectivity index (χ3v) is 6.19. The zero-order valence-corrected chi connectivity index (χ0v) is 13.1. The Morgan fingerprint density at radius 1 is 1.23 bits per heavy atom. The van der Waals surface area contributed by atoms with E-state index in [1.807, 2.05) is 35.7 Å². The number of hydrogen-bond acceptors (Lipinski definition) is 4. The van der Waals surface area contributed by atoms with Crippen molar-refractivity contribution in [3.8, 4) is 0 Å². The van der Waals surface area contributed by atoms with Crippen molar-refractivity contribution in [3.63, 3.8) is 0 Å². The van der Waals surface area contributed by atoms with Crippen LogP contribution in [0.5, 0.6) is 0 Å². The number of hydrogen-bond donors (Lipinski definition) is 2. The number of amides is 1. The molecule has 1 unspecified atom stereocenters. The second kappa shape index (κ2) is 7.82. The van der Waals surface area contributed by atoms with E-state index in [-0.39, 0.29) is 5.56 Å². The maximum absolute atomic E-state index is 12.3. The van der Waals surface area contributed by atoms with Crippen molar-refractivity contribution in [2.75, 3.05) is 11.5 Å². The van der Waals surface area contributed by atoms with Gasteiger partial charge in [-0.15, -0.1) is 23.5 Å². The molecule has 22 heavy (non-hydrogen) atoms. The summed E-state index contributed by atoms with van der Waals surface area (Å²) in [5.74, 6) is 0.0483. The number of carboxylic acid groups (broad SMARTS) is 1. The molecule has 0 radical (unpaired) electrons. The van der Waals surface area contributed by atoms with E-state index < -0.39 is 30.8 Å². The minimum Gasteiger partial charge on any atom is -0.480 e. The van der Waals surface area contributed by atoms with Crippen molar-refractivity contribution in [2.24, 2.45) is 0 Å². The standard InChI is InChI=1S/C14H15F2NO3S2/c15-11(16)7-10(13(19)20)17-12(18)8-1-3-9(4-2-8)14-21-5-6-22-14/h1-4,10-11,14H,5-7H2,(H,17,18)(H,19,20). The lowest BCUT2D eigenvalue weighted by atomic mass is 10.1. The molecule has 120 valence electrons. The molecule has 1 atom stereocenters. The molecule has 0 saturated carbocycles. The maximum Gasteiger partial charge on any atom is 0.326 e. The van der Waals surface area contributed by atoms with Gasteiger partial charge in [0.15, 0.2) is 0 Å². The van der Waals surface area contributed by atoms with Crippen LogP contribution in [0.25, 0.3) is 0 Å². The molecule has 1 aliphatic heterocycles. The molecular formula is C14H15F2NO3S2. The van der Waals surface area contributed by atoms with Crippen LogP contribution >= 0.6 is 23.5 Å². The molecular weight excluding hydrogens is 332 g/mol. The molecule has 0 aliphatic carbocycles. The van der Waals surface area contributed by atoms with Gasteiger partial charge in [-0.25, -0.2) is 13.6 Å². The van der Waals surface area contributed by atoms with Crippen LogP contribution in [0.15, 0.2) is 24.3 Å². The Bertz CT molecular complexity index is 533. The summed E-state index contributed by atoms with van der Waals surface area (Å²) in [6.45, 7) is 0. The van der Waals surface area contributed by atoms with Crippen molar-refractivity contribution in [3.05, 3.63) is 35.4 Å². The number of carbonyl (C=O) groups excluding carboxylic acids is 1. The summed E-state index contributed by atoms with van der Waals surface area (Å²) in [5, 5.41) is 11.0. The summed E-state index contributed by atoms with van der Waals surface area (Å²) in [5.41, 5.74) is 1.35. The van der Waals surface area contributed by atoms with Crippen molar-refractivity contribution in [1.82, 2.24) is 5.32 Å². The highest BCUT2D eigenvalue weighted by molar-refractivity contribution is 8.19. The lowest BCUT2D eigenvalue weighted by Crippen LogP contribution is -2.42. The molecule has 0 aromatic heterocycles. The monoisotopic (exact) mass is 347 g/mol. The summed E-state index contributed by atoms with van der Waals surface area (Å²) in [4.78, 5) is 22.8. The maximum atomic E-state index is 12.3. The summed E-state index contributed by atoms with van der Waals surface area (Å²) in [6.07, 6.45) is -3.70. The predicted octanol–water partition coefficient (Wildman–Crippen LogP) is 3.00. The normalized spacial score (nSPS) is 16.7. The first-order valence-corrected chi connectivity index (χ1v) is 8.72. The van der Waals surface area contributed by atoms with E-state index in [1.54, 1.807) is 12.1 Å². The van der Waals surface area contributed by atoms with Crippen molar-refractivity contribution < 1.29 is 23.5 Å². The van der Waals surface area contributed by atoms with Crippen LogP contribution in [-0.2, 0) is 4.79 Å². The SMILES string of the molecule is O=C(NC(CC(F)F)C(=O)O)c1ccc(C2SCCS2)cc1. The van der Waals surface area contributed by atoms with Crippen LogP contribution in [0.3, 0.4) is 0 Å². The van der Waals surface area contributed by atoms with Gasteiger partial charge in [-0.05, 0) is 17.7 Å². The Morgan fingerprint density at radius 3 is 2.32 bits per heavy atom. The van der Waals surface area contributed by atoms with Gasteiger partial charge in [0.05, 0.1) is 4.58 Å². The van der Waals surface area contributed by atoms with Crippen LogP contribution in [0.1, 0.15) is 26.9 Å². The Hall–Kier alpha value is -1.28. The summed E-state index contributed by atoms with van der Waals surface area (Å²) in [6, 6.07) is 5.21. The molecule has 1 saturated heterocycles. The third-order valence-electron chi connectivity index (χ3n) is 3.08. The lowest BCUT2D eigenvalue weighted by molar-refractivity contribution is -0.140. The number of thioether (sulfide) groups is 2. The number of rotatable bonds is 6. The average molecular weight is 347 g/mol. The van der Waals surface area contributed by atoms with Crippen LogP contribution in [-0.4, -0.2) is 41.0 Å². The first-order valence-electron chi connectivity index (χ1n) is 6.62. The van der Waals surface area contributed by atoms with E-state index >= 15 is 0 Å². The van der Waals surface area contributed by atoms with Crippen molar-refractivity contribution in [1.29, 1.82) is 0 Å². The highest BCUT2D eigenvalue weighted by Crippen LogP contribution is 2.45. The number of halogens is 2. The van der Waals surface area contributed by atoms with Gasteiger partial charge in [0.1, 0.15) is 6.04 Å². The van der Waals surface area contributed by atoms with E-state index in [0.29, 0.717) is 4.58 Å². The molecule has 1 aliphatic rings. The van der Waals surface area contributed by atoms with Gasteiger partial charge < -0.3 is 10.4 Å². The fourth-order valence-electron chi connectivity index (χ4n) is 1.98. The van der Waals surface area contributed by atoms with Crippen molar-refractivity contribution in [2.45, 2.75) is 23.5 Å². The minimum atomic E-state index is -2.79. The molecule has 4 nitrogen and oxygen atoms in total. The lowest BCUT2D eigenvalue weighted by Gasteiger charge is -2.14. The van der Waals surface area contributed by atoms with E-state index in [4.69, 9.17) is 5.11 Å². The second-order valence-electron chi connectivity index (χ2n) is 4.69. The van der Waals surface area contributed by atoms with E-state index in [2.05, 4.69) is 5.32 Å². The van der Waals surface area contributed by atoms with Crippen LogP contribution in [0.2, 0.25) is 0 Å². The molecule has 8 heteroatoms. The number of aliphatic carboxylic acids is 1. The first kappa shape index (κ1) is 17.1. The molecule has 1 fully saturated rings. The number of nitrogens with one attached hydrogen (secondary N) is 1. The highest BCUT2D eigenvalue weighted by atomic mass is 32.2. The molecule has 1 aromatic rings. The minimum absolute atomic E-state index is 0.261. The average Bonchev–Trinajstić information content (AvgIpc) is 3.00. The molecule has 2 N–H and O–H groups in total. The summed E-state index contributed by atoms with van der Waals surface area (Å²) in [7, 11) is 0. The highest BCUT2D eigenvalue weighted by Gasteiger charge is 2.25. The van der Waals surface area contributed by atoms with Gasteiger partial charge >= 0.3 is 5.97 Å². The largest absolute Gasteiger partial charge is 0.480 e. The van der Waals surface area contributed by atoms with Gasteiger partial charge in [-0.3, -0.25) is 4.79 Å². The smallest absolute Gasteiger partial charge is 0.326 e. The van der Waals surface area contributed by atoms with Crippen molar-refractivity contribution >= 4 is 35.4 Å². The molecule has 2 rings (SSSR count). The van der Waals surface area contributed by atoms with Gasteiger partial charge in [-0.2, -0.15) is 0 Å². The van der Waals surface area contributed by atoms with Crippen LogP contribution in [0.4, 0.5) is 8.78 Å².